The minimum Gasteiger partial charge on any atom is -0.496 e. The Kier molecular flexibility index (Phi) is 4.24. The first kappa shape index (κ1) is 16.9. The van der Waals surface area contributed by atoms with Crippen LogP contribution >= 0.6 is 0 Å². The van der Waals surface area contributed by atoms with Gasteiger partial charge in [0.15, 0.2) is 0 Å². The highest BCUT2D eigenvalue weighted by Gasteiger charge is 2.16. The number of hydrogen-bond acceptors (Lipinski definition) is 4. The van der Waals surface area contributed by atoms with Crippen molar-refractivity contribution in [3.05, 3.63) is 55.1 Å². The molecule has 5 rings (SSSR count). The Hall–Kier alpha value is -3.28. The molecule has 4 aromatic rings. The molecule has 1 aliphatic carbocycles. The quantitative estimate of drug-likeness (QED) is 0.529. The normalized spacial score (nSPS) is 14.6. The fraction of sp³-hybridized carbons (Fsp3) is 0.273. The molecule has 1 aliphatic rings. The molecule has 1 saturated carbocycles. The zero-order valence-corrected chi connectivity index (χ0v) is 15.9. The lowest BCUT2D eigenvalue weighted by Gasteiger charge is -2.13. The van der Waals surface area contributed by atoms with Gasteiger partial charge in [0.05, 0.1) is 24.7 Å². The van der Waals surface area contributed by atoms with Crippen LogP contribution in [-0.2, 0) is 0 Å². The van der Waals surface area contributed by atoms with Crippen LogP contribution < -0.4 is 10.1 Å². The molecule has 0 aliphatic heterocycles. The minimum absolute atomic E-state index is 0.536. The van der Waals surface area contributed by atoms with Gasteiger partial charge < -0.3 is 15.0 Å². The Bertz CT molecular complexity index is 1090. The molecule has 0 unspecified atom stereocenters. The molecule has 0 aromatic carbocycles. The SMILES string of the molecule is COc1cc2ncc(-c3cccc(NC4CCCC4)n3)n2cc1-c1cc[nH]c1. The van der Waals surface area contributed by atoms with Gasteiger partial charge in [-0.3, -0.25) is 4.40 Å². The Morgan fingerprint density at radius 1 is 1.21 bits per heavy atom. The van der Waals surface area contributed by atoms with Crippen LogP contribution in [0.2, 0.25) is 0 Å². The number of methoxy groups -OCH3 is 1. The van der Waals surface area contributed by atoms with E-state index in [9.17, 15) is 0 Å². The van der Waals surface area contributed by atoms with Gasteiger partial charge in [-0.2, -0.15) is 0 Å². The van der Waals surface area contributed by atoms with Crippen LogP contribution in [0.4, 0.5) is 5.82 Å². The smallest absolute Gasteiger partial charge is 0.140 e. The molecule has 0 bridgehead atoms. The Morgan fingerprint density at radius 3 is 2.89 bits per heavy atom. The molecular formula is C22H23N5O. The van der Waals surface area contributed by atoms with Crippen molar-refractivity contribution in [3.63, 3.8) is 0 Å². The van der Waals surface area contributed by atoms with Crippen LogP contribution in [-0.4, -0.2) is 32.5 Å². The topological polar surface area (TPSA) is 67.2 Å². The molecule has 28 heavy (non-hydrogen) atoms. The Morgan fingerprint density at radius 2 is 2.11 bits per heavy atom. The Labute approximate surface area is 163 Å². The maximum Gasteiger partial charge on any atom is 0.140 e. The third-order valence-corrected chi connectivity index (χ3v) is 5.46. The highest BCUT2D eigenvalue weighted by Crippen LogP contribution is 2.33. The molecule has 2 N–H and O–H groups in total. The molecule has 6 heteroatoms. The summed E-state index contributed by atoms with van der Waals surface area (Å²) >= 11 is 0. The highest BCUT2D eigenvalue weighted by molar-refractivity contribution is 5.74. The molecule has 0 atom stereocenters. The van der Waals surface area contributed by atoms with Crippen molar-refractivity contribution in [2.45, 2.75) is 31.7 Å². The highest BCUT2D eigenvalue weighted by atomic mass is 16.5. The van der Waals surface area contributed by atoms with Crippen molar-refractivity contribution in [3.8, 4) is 28.3 Å². The molecule has 6 nitrogen and oxygen atoms in total. The van der Waals surface area contributed by atoms with Crippen LogP contribution in [0.5, 0.6) is 5.75 Å². The van der Waals surface area contributed by atoms with Crippen molar-refractivity contribution in [1.29, 1.82) is 0 Å². The van der Waals surface area contributed by atoms with Crippen LogP contribution in [0.25, 0.3) is 28.2 Å². The lowest BCUT2D eigenvalue weighted by Crippen LogP contribution is -2.15. The lowest BCUT2D eigenvalue weighted by molar-refractivity contribution is 0.416. The summed E-state index contributed by atoms with van der Waals surface area (Å²) in [6.07, 6.45) is 12.9. The lowest BCUT2D eigenvalue weighted by atomic mass is 10.1. The van der Waals surface area contributed by atoms with Gasteiger partial charge in [0.2, 0.25) is 0 Å². The van der Waals surface area contributed by atoms with E-state index in [1.807, 2.05) is 42.9 Å². The molecule has 4 aromatic heterocycles. The van der Waals surface area contributed by atoms with Gasteiger partial charge in [0, 0.05) is 41.8 Å². The Balaban J connectivity index is 1.57. The third kappa shape index (κ3) is 3.01. The average Bonchev–Trinajstić information content (AvgIpc) is 3.48. The van der Waals surface area contributed by atoms with E-state index in [0.29, 0.717) is 6.04 Å². The summed E-state index contributed by atoms with van der Waals surface area (Å²) in [5.41, 5.74) is 4.78. The number of nitrogens with zero attached hydrogens (tertiary/aromatic N) is 3. The third-order valence-electron chi connectivity index (χ3n) is 5.46. The number of pyridine rings is 2. The van der Waals surface area contributed by atoms with E-state index < -0.39 is 0 Å². The van der Waals surface area contributed by atoms with E-state index in [1.165, 1.54) is 25.7 Å². The molecule has 0 spiro atoms. The molecule has 0 amide bonds. The van der Waals surface area contributed by atoms with Crippen LogP contribution in [0.1, 0.15) is 25.7 Å². The monoisotopic (exact) mass is 373 g/mol. The van der Waals surface area contributed by atoms with E-state index in [-0.39, 0.29) is 0 Å². The number of aromatic nitrogens is 4. The summed E-state index contributed by atoms with van der Waals surface area (Å²) in [5, 5.41) is 3.58. The van der Waals surface area contributed by atoms with Crippen LogP contribution in [0, 0.1) is 0 Å². The summed E-state index contributed by atoms with van der Waals surface area (Å²) in [5.74, 6) is 1.73. The van der Waals surface area contributed by atoms with Gasteiger partial charge in [0.1, 0.15) is 17.2 Å². The van der Waals surface area contributed by atoms with Gasteiger partial charge in [0.25, 0.3) is 0 Å². The summed E-state index contributed by atoms with van der Waals surface area (Å²) in [4.78, 5) is 12.5. The first-order valence-corrected chi connectivity index (χ1v) is 9.74. The van der Waals surface area contributed by atoms with Crippen molar-refractivity contribution in [2.75, 3.05) is 12.4 Å². The van der Waals surface area contributed by atoms with Crippen molar-refractivity contribution in [1.82, 2.24) is 19.4 Å². The van der Waals surface area contributed by atoms with Gasteiger partial charge in [-0.25, -0.2) is 9.97 Å². The van der Waals surface area contributed by atoms with Gasteiger partial charge in [-0.1, -0.05) is 18.9 Å². The average molecular weight is 373 g/mol. The predicted molar refractivity (Wildman–Crippen MR) is 111 cm³/mol. The maximum atomic E-state index is 5.59. The van der Waals surface area contributed by atoms with Crippen LogP contribution in [0.3, 0.4) is 0 Å². The minimum atomic E-state index is 0.536. The number of anilines is 1. The van der Waals surface area contributed by atoms with Gasteiger partial charge in [-0.15, -0.1) is 0 Å². The van der Waals surface area contributed by atoms with Gasteiger partial charge in [-0.05, 0) is 31.0 Å². The van der Waals surface area contributed by atoms with E-state index >= 15 is 0 Å². The second-order valence-corrected chi connectivity index (χ2v) is 7.26. The van der Waals surface area contributed by atoms with E-state index in [4.69, 9.17) is 9.72 Å². The number of H-pyrrole nitrogens is 1. The fourth-order valence-electron chi connectivity index (χ4n) is 4.01. The molecule has 0 radical (unpaired) electrons. The van der Waals surface area contributed by atoms with Crippen molar-refractivity contribution < 1.29 is 4.74 Å². The van der Waals surface area contributed by atoms with E-state index in [0.717, 1.165) is 39.7 Å². The van der Waals surface area contributed by atoms with E-state index in [1.54, 1.807) is 7.11 Å². The van der Waals surface area contributed by atoms with Crippen molar-refractivity contribution in [2.24, 2.45) is 0 Å². The second-order valence-electron chi connectivity index (χ2n) is 7.26. The predicted octanol–water partition coefficient (Wildman–Crippen LogP) is 4.75. The van der Waals surface area contributed by atoms with Crippen LogP contribution in [0.15, 0.2) is 55.1 Å². The first-order chi connectivity index (χ1) is 13.8. The number of aromatic amines is 1. The summed E-state index contributed by atoms with van der Waals surface area (Å²) in [6, 6.07) is 10.7. The van der Waals surface area contributed by atoms with Crippen molar-refractivity contribution >= 4 is 11.5 Å². The standard InChI is InChI=1S/C22H23N5O/c1-28-20-11-22-24-13-19(27(22)14-17(20)15-9-10-23-12-15)18-7-4-8-21(26-18)25-16-5-2-3-6-16/h4,7-14,16,23H,2-3,5-6H2,1H3,(H,25,26). The number of fused-ring (bicyclic) bond motifs is 1. The summed E-state index contributed by atoms with van der Waals surface area (Å²) in [7, 11) is 1.69. The van der Waals surface area contributed by atoms with Gasteiger partial charge >= 0.3 is 0 Å². The number of ether oxygens (including phenoxy) is 1. The number of hydrogen-bond donors (Lipinski definition) is 2. The number of rotatable bonds is 5. The zero-order valence-electron chi connectivity index (χ0n) is 15.9. The fourth-order valence-corrected chi connectivity index (χ4v) is 4.01. The zero-order chi connectivity index (χ0) is 18.9. The first-order valence-electron chi connectivity index (χ1n) is 9.74. The molecule has 142 valence electrons. The summed E-state index contributed by atoms with van der Waals surface area (Å²) < 4.78 is 7.67. The molecule has 1 fully saturated rings. The molecule has 0 saturated heterocycles. The largest absolute Gasteiger partial charge is 0.496 e. The molecule has 4 heterocycles. The van der Waals surface area contributed by atoms with E-state index in [2.05, 4.69) is 31.9 Å². The summed E-state index contributed by atoms with van der Waals surface area (Å²) in [6.45, 7) is 0. The number of nitrogens with one attached hydrogen (secondary N) is 2. The second kappa shape index (κ2) is 7.03. The molecular weight excluding hydrogens is 350 g/mol. The maximum absolute atomic E-state index is 5.59. The number of imidazole rings is 1.